The summed E-state index contributed by atoms with van der Waals surface area (Å²) in [7, 11) is 0. The summed E-state index contributed by atoms with van der Waals surface area (Å²) in [5.41, 5.74) is 2.74. The quantitative estimate of drug-likeness (QED) is 0.254. The smallest absolute Gasteiger partial charge is 0.344 e. The molecule has 1 saturated heterocycles. The molecule has 0 aromatic heterocycles. The Kier molecular flexibility index (Phi) is 11.6. The van der Waals surface area contributed by atoms with E-state index in [1.165, 1.54) is 6.07 Å². The van der Waals surface area contributed by atoms with E-state index in [9.17, 15) is 22.8 Å². The normalized spacial score (nSPS) is 18.2. The van der Waals surface area contributed by atoms with Gasteiger partial charge >= 0.3 is 6.18 Å². The molecule has 1 fully saturated rings. The number of benzene rings is 3. The Morgan fingerprint density at radius 2 is 1.62 bits per heavy atom. The van der Waals surface area contributed by atoms with Crippen LogP contribution in [0.5, 0.6) is 0 Å². The summed E-state index contributed by atoms with van der Waals surface area (Å²) in [5.74, 6) is -0.433. The number of hydrogen-bond acceptors (Lipinski definition) is 5. The number of fused-ring (bicyclic) bond motifs is 1. The van der Waals surface area contributed by atoms with Crippen LogP contribution in [-0.4, -0.2) is 78.4 Å². The van der Waals surface area contributed by atoms with E-state index in [1.807, 2.05) is 50.2 Å². The number of rotatable bonds is 12. The van der Waals surface area contributed by atoms with Gasteiger partial charge in [0.15, 0.2) is 0 Å². The lowest BCUT2D eigenvalue weighted by molar-refractivity contribution is -0.139. The summed E-state index contributed by atoms with van der Waals surface area (Å²) in [6.45, 7) is 8.07. The van der Waals surface area contributed by atoms with Crippen LogP contribution in [0.25, 0.3) is 0 Å². The van der Waals surface area contributed by atoms with E-state index in [4.69, 9.17) is 11.6 Å². The van der Waals surface area contributed by atoms with Crippen molar-refractivity contribution < 1.29 is 22.8 Å². The highest BCUT2D eigenvalue weighted by atomic mass is 35.5. The van der Waals surface area contributed by atoms with Gasteiger partial charge in [-0.25, -0.2) is 0 Å². The number of piperazine rings is 1. The molecule has 2 heterocycles. The van der Waals surface area contributed by atoms with E-state index in [0.717, 1.165) is 22.8 Å². The molecule has 3 aromatic carbocycles. The van der Waals surface area contributed by atoms with Gasteiger partial charge in [0.25, 0.3) is 0 Å². The number of halogens is 4. The van der Waals surface area contributed by atoms with Gasteiger partial charge in [-0.15, -0.1) is 0 Å². The highest BCUT2D eigenvalue weighted by Gasteiger charge is 2.38. The molecule has 2 amide bonds. The van der Waals surface area contributed by atoms with E-state index in [1.54, 1.807) is 29.2 Å². The first-order valence-corrected chi connectivity index (χ1v) is 16.7. The number of nitrogens with one attached hydrogen (secondary N) is 2. The van der Waals surface area contributed by atoms with Crippen LogP contribution >= 0.6 is 11.6 Å². The highest BCUT2D eigenvalue weighted by molar-refractivity contribution is 6.30. The number of amides is 2. The molecule has 7 nitrogen and oxygen atoms in total. The molecule has 3 aromatic rings. The molecule has 252 valence electrons. The lowest BCUT2D eigenvalue weighted by Gasteiger charge is -2.42. The molecule has 3 atom stereocenters. The fourth-order valence-electron chi connectivity index (χ4n) is 6.71. The summed E-state index contributed by atoms with van der Waals surface area (Å²) in [4.78, 5) is 33.3. The molecule has 0 bridgehead atoms. The molecule has 47 heavy (non-hydrogen) atoms. The van der Waals surface area contributed by atoms with Gasteiger partial charge in [-0.3, -0.25) is 14.5 Å². The van der Waals surface area contributed by atoms with Gasteiger partial charge in [-0.2, -0.15) is 13.2 Å². The predicted octanol–water partition coefficient (Wildman–Crippen LogP) is 5.85. The first kappa shape index (κ1) is 34.9. The van der Waals surface area contributed by atoms with Gasteiger partial charge in [0.2, 0.25) is 11.8 Å². The maximum absolute atomic E-state index is 14.1. The molecule has 0 radical (unpaired) electrons. The Morgan fingerprint density at radius 1 is 0.957 bits per heavy atom. The topological polar surface area (TPSA) is 67.9 Å². The van der Waals surface area contributed by atoms with Crippen LogP contribution in [0.3, 0.4) is 0 Å². The van der Waals surface area contributed by atoms with Crippen molar-refractivity contribution in [2.75, 3.05) is 45.8 Å². The van der Waals surface area contributed by atoms with Crippen LogP contribution in [-0.2, 0) is 28.7 Å². The molecule has 2 aliphatic heterocycles. The van der Waals surface area contributed by atoms with Crippen LogP contribution in [0.2, 0.25) is 5.02 Å². The molecular formula is C36H43ClF3N5O2. The van der Waals surface area contributed by atoms with Crippen molar-refractivity contribution in [3.8, 4) is 0 Å². The fourth-order valence-corrected chi connectivity index (χ4v) is 6.84. The molecule has 0 saturated carbocycles. The summed E-state index contributed by atoms with van der Waals surface area (Å²) < 4.78 is 42.3. The molecule has 2 unspecified atom stereocenters. The second-order valence-corrected chi connectivity index (χ2v) is 12.7. The van der Waals surface area contributed by atoms with Crippen molar-refractivity contribution in [2.45, 2.75) is 57.5 Å². The van der Waals surface area contributed by atoms with Crippen molar-refractivity contribution in [3.63, 3.8) is 0 Å². The van der Waals surface area contributed by atoms with Crippen molar-refractivity contribution in [2.24, 2.45) is 0 Å². The second kappa shape index (κ2) is 15.6. The van der Waals surface area contributed by atoms with Gasteiger partial charge in [0.1, 0.15) is 6.04 Å². The lowest BCUT2D eigenvalue weighted by atomic mass is 9.97. The van der Waals surface area contributed by atoms with Crippen molar-refractivity contribution in [3.05, 3.63) is 106 Å². The first-order chi connectivity index (χ1) is 22.6. The van der Waals surface area contributed by atoms with E-state index >= 15 is 0 Å². The highest BCUT2D eigenvalue weighted by Crippen LogP contribution is 2.37. The average molecular weight is 670 g/mol. The van der Waals surface area contributed by atoms with Crippen LogP contribution in [0.15, 0.2) is 72.8 Å². The van der Waals surface area contributed by atoms with Crippen molar-refractivity contribution in [1.82, 2.24) is 25.3 Å². The summed E-state index contributed by atoms with van der Waals surface area (Å²) in [5, 5.41) is 6.98. The Labute approximate surface area is 280 Å². The summed E-state index contributed by atoms with van der Waals surface area (Å²) >= 11 is 6.10. The molecule has 0 aliphatic carbocycles. The Morgan fingerprint density at radius 3 is 2.30 bits per heavy atom. The van der Waals surface area contributed by atoms with Gasteiger partial charge in [0.05, 0.1) is 5.56 Å². The van der Waals surface area contributed by atoms with Gasteiger partial charge in [0, 0.05) is 69.2 Å². The Bertz CT molecular complexity index is 1510. The van der Waals surface area contributed by atoms with Crippen LogP contribution < -0.4 is 10.6 Å². The fraction of sp³-hybridized carbons (Fsp3) is 0.444. The third-order valence-electron chi connectivity index (χ3n) is 9.36. The van der Waals surface area contributed by atoms with E-state index in [2.05, 4.69) is 20.4 Å². The minimum absolute atomic E-state index is 0.136. The number of hydrogen-bond donors (Lipinski definition) is 2. The predicted molar refractivity (Wildman–Crippen MR) is 178 cm³/mol. The molecule has 2 aliphatic rings. The zero-order valence-electron chi connectivity index (χ0n) is 26.9. The first-order valence-electron chi connectivity index (χ1n) is 16.3. The van der Waals surface area contributed by atoms with Crippen molar-refractivity contribution >= 4 is 23.4 Å². The molecule has 5 rings (SSSR count). The van der Waals surface area contributed by atoms with Crippen LogP contribution in [0.4, 0.5) is 13.2 Å². The van der Waals surface area contributed by atoms with Crippen LogP contribution in [0.1, 0.15) is 60.2 Å². The number of nitrogens with zero attached hydrogens (tertiary/aromatic N) is 3. The van der Waals surface area contributed by atoms with Gasteiger partial charge < -0.3 is 20.4 Å². The van der Waals surface area contributed by atoms with Crippen LogP contribution in [0, 0.1) is 0 Å². The number of carbonyl (C=O) groups is 2. The minimum atomic E-state index is -4.47. The standard InChI is InChI=1S/C36H43ClF3N5O2/c1-3-43(4-2)24-33(29-11-7-8-12-30(29)36(38,39)40)44-17-19-45(20-18-44)35(47)32(21-25-13-15-27(37)16-14-25)42-34(46)22-31-28-10-6-5-9-26(28)23-41-31/h5-16,31-33,41H,3-4,17-24H2,1-2H3,(H,42,46)/t31?,32-,33?/m1/s1. The summed E-state index contributed by atoms with van der Waals surface area (Å²) in [6.07, 6.45) is -3.99. The van der Waals surface area contributed by atoms with E-state index in [0.29, 0.717) is 63.8 Å². The van der Waals surface area contributed by atoms with Gasteiger partial charge in [-0.05, 0) is 53.5 Å². The minimum Gasteiger partial charge on any atom is -0.344 e. The number of alkyl halides is 3. The average Bonchev–Trinajstić information content (AvgIpc) is 3.48. The van der Waals surface area contributed by atoms with Crippen molar-refractivity contribution in [1.29, 1.82) is 0 Å². The molecule has 2 N–H and O–H groups in total. The SMILES string of the molecule is CCN(CC)CC(c1ccccc1C(F)(F)F)N1CCN(C(=O)[C@@H](Cc2ccc(Cl)cc2)NC(=O)CC2NCc3ccccc32)CC1. The van der Waals surface area contributed by atoms with Gasteiger partial charge in [-0.1, -0.05) is 80.0 Å². The van der Waals surface area contributed by atoms with E-state index in [-0.39, 0.29) is 29.8 Å². The second-order valence-electron chi connectivity index (χ2n) is 12.2. The Balaban J connectivity index is 1.31. The third-order valence-corrected chi connectivity index (χ3v) is 9.61. The zero-order chi connectivity index (χ0) is 33.6. The number of carbonyl (C=O) groups excluding carboxylic acids is 2. The van der Waals surface area contributed by atoms with E-state index < -0.39 is 23.8 Å². The molecule has 11 heteroatoms. The molecule has 0 spiro atoms. The zero-order valence-corrected chi connectivity index (χ0v) is 27.7. The monoisotopic (exact) mass is 669 g/mol. The summed E-state index contributed by atoms with van der Waals surface area (Å²) in [6, 6.07) is 19.6. The third kappa shape index (κ3) is 8.73. The number of likely N-dealkylation sites (N-methyl/N-ethyl adjacent to an activating group) is 1. The maximum Gasteiger partial charge on any atom is 0.416 e. The Hall–Kier alpha value is -3.44. The lowest BCUT2D eigenvalue weighted by Crippen LogP contribution is -2.56. The maximum atomic E-state index is 14.1. The molecular weight excluding hydrogens is 627 g/mol. The largest absolute Gasteiger partial charge is 0.416 e.